The topological polar surface area (TPSA) is 109 Å². The van der Waals surface area contributed by atoms with Gasteiger partial charge < -0.3 is 0 Å². The molecule has 0 heterocycles. The Kier molecular flexibility index (Phi) is 6.60. The molecule has 0 aliphatic carbocycles. The highest BCUT2D eigenvalue weighted by molar-refractivity contribution is 7.86. The average Bonchev–Trinajstić information content (AvgIpc) is 2.50. The lowest BCUT2D eigenvalue weighted by molar-refractivity contribution is 0.396. The van der Waals surface area contributed by atoms with E-state index in [9.17, 15) is 25.9 Å². The van der Waals surface area contributed by atoms with Gasteiger partial charge in [0.15, 0.2) is 0 Å². The molecule has 166 valence electrons. The molecule has 0 amide bonds. The Morgan fingerprint density at radius 2 is 1.33 bits per heavy atom. The van der Waals surface area contributed by atoms with Gasteiger partial charge in [0, 0.05) is 0 Å². The van der Waals surface area contributed by atoms with Crippen molar-refractivity contribution in [2.45, 2.75) is 64.2 Å². The van der Waals surface area contributed by atoms with Gasteiger partial charge in [0.05, 0.1) is 4.90 Å². The Bertz CT molecular complexity index is 1150. The van der Waals surface area contributed by atoms with Crippen LogP contribution in [-0.2, 0) is 33.1 Å². The SMILES string of the molecule is CC(C)(C)Cc1ccc(-c2cccc(S(=O)(=O)O)c2)c(CC(C)(C)C)c1S(=O)(=O)O. The predicted molar refractivity (Wildman–Crippen MR) is 118 cm³/mol. The minimum atomic E-state index is -4.55. The van der Waals surface area contributed by atoms with Crippen LogP contribution >= 0.6 is 0 Å². The lowest BCUT2D eigenvalue weighted by atomic mass is 9.81. The van der Waals surface area contributed by atoms with Crippen LogP contribution in [-0.4, -0.2) is 25.9 Å². The molecule has 0 radical (unpaired) electrons. The Morgan fingerprint density at radius 1 is 0.767 bits per heavy atom. The standard InChI is InChI=1S/C22H30O6S2/c1-21(2,3)13-16-10-11-18(15-8-7-9-17(12-15)29(23,24)25)19(14-22(4,5)6)20(16)30(26,27)28/h7-12H,13-14H2,1-6H3,(H,23,24,25)(H,26,27,28). The van der Waals surface area contributed by atoms with Crippen molar-refractivity contribution < 1.29 is 25.9 Å². The second-order valence-electron chi connectivity index (χ2n) is 10.0. The number of hydrogen-bond donors (Lipinski definition) is 2. The largest absolute Gasteiger partial charge is 0.295 e. The summed E-state index contributed by atoms with van der Waals surface area (Å²) in [5.41, 5.74) is 1.36. The molecular formula is C22H30O6S2. The predicted octanol–water partition coefficient (Wildman–Crippen LogP) is 5.02. The third-order valence-corrected chi connectivity index (χ3v) is 6.34. The summed E-state index contributed by atoms with van der Waals surface area (Å²) in [6.45, 7) is 11.8. The van der Waals surface area contributed by atoms with Crippen molar-refractivity contribution in [3.05, 3.63) is 47.5 Å². The molecule has 8 heteroatoms. The molecular weight excluding hydrogens is 424 g/mol. The molecule has 0 bridgehead atoms. The summed E-state index contributed by atoms with van der Waals surface area (Å²) in [7, 11) is -8.97. The molecule has 30 heavy (non-hydrogen) atoms. The smallest absolute Gasteiger partial charge is 0.282 e. The van der Waals surface area contributed by atoms with Crippen molar-refractivity contribution in [2.75, 3.05) is 0 Å². The summed E-state index contributed by atoms with van der Waals surface area (Å²) in [4.78, 5) is -0.406. The van der Waals surface area contributed by atoms with E-state index in [4.69, 9.17) is 0 Å². The number of rotatable bonds is 5. The van der Waals surface area contributed by atoms with E-state index in [1.807, 2.05) is 41.5 Å². The first-order chi connectivity index (χ1) is 13.4. The van der Waals surface area contributed by atoms with Gasteiger partial charge in [-0.1, -0.05) is 65.8 Å². The second kappa shape index (κ2) is 8.07. The zero-order chi connectivity index (χ0) is 23.1. The van der Waals surface area contributed by atoms with Gasteiger partial charge in [0.2, 0.25) is 0 Å². The van der Waals surface area contributed by atoms with Crippen LogP contribution in [0.5, 0.6) is 0 Å². The summed E-state index contributed by atoms with van der Waals surface area (Å²) in [5.74, 6) is 0. The maximum Gasteiger partial charge on any atom is 0.295 e. The van der Waals surface area contributed by atoms with Gasteiger partial charge in [-0.3, -0.25) is 9.11 Å². The van der Waals surface area contributed by atoms with Crippen molar-refractivity contribution in [1.82, 2.24) is 0 Å². The van der Waals surface area contributed by atoms with Gasteiger partial charge in [-0.05, 0) is 58.1 Å². The maximum atomic E-state index is 12.5. The lowest BCUT2D eigenvalue weighted by Crippen LogP contribution is -2.18. The molecule has 0 saturated heterocycles. The van der Waals surface area contributed by atoms with E-state index in [1.165, 1.54) is 18.2 Å². The Morgan fingerprint density at radius 3 is 1.80 bits per heavy atom. The molecule has 0 unspecified atom stereocenters. The zero-order valence-electron chi connectivity index (χ0n) is 18.2. The highest BCUT2D eigenvalue weighted by Crippen LogP contribution is 2.38. The minimum absolute atomic E-state index is 0.123. The van der Waals surface area contributed by atoms with E-state index in [1.54, 1.807) is 18.2 Å². The first kappa shape index (κ1) is 24.5. The first-order valence-corrected chi connectivity index (χ1v) is 12.5. The van der Waals surface area contributed by atoms with Crippen LogP contribution in [0.25, 0.3) is 11.1 Å². The molecule has 2 aromatic carbocycles. The van der Waals surface area contributed by atoms with Crippen LogP contribution in [0, 0.1) is 10.8 Å². The molecule has 0 aliphatic rings. The van der Waals surface area contributed by atoms with E-state index in [2.05, 4.69) is 0 Å². The van der Waals surface area contributed by atoms with Crippen LogP contribution < -0.4 is 0 Å². The first-order valence-electron chi connectivity index (χ1n) is 9.59. The second-order valence-corrected chi connectivity index (χ2v) is 12.8. The normalized spacial score (nSPS) is 13.5. The van der Waals surface area contributed by atoms with Gasteiger partial charge in [-0.25, -0.2) is 0 Å². The fourth-order valence-corrected chi connectivity index (χ4v) is 5.00. The molecule has 0 atom stereocenters. The monoisotopic (exact) mass is 454 g/mol. The highest BCUT2D eigenvalue weighted by Gasteiger charge is 2.29. The molecule has 0 fully saturated rings. The molecule has 2 rings (SSSR count). The minimum Gasteiger partial charge on any atom is -0.282 e. The summed E-state index contributed by atoms with van der Waals surface area (Å²) >= 11 is 0. The fourth-order valence-electron chi connectivity index (χ4n) is 3.51. The van der Waals surface area contributed by atoms with E-state index in [0.29, 0.717) is 35.1 Å². The lowest BCUT2D eigenvalue weighted by Gasteiger charge is -2.26. The third-order valence-electron chi connectivity index (χ3n) is 4.47. The molecule has 0 aromatic heterocycles. The van der Waals surface area contributed by atoms with Crippen molar-refractivity contribution in [1.29, 1.82) is 0 Å². The summed E-state index contributed by atoms with van der Waals surface area (Å²) in [5, 5.41) is 0. The van der Waals surface area contributed by atoms with Crippen LogP contribution in [0.4, 0.5) is 0 Å². The zero-order valence-corrected chi connectivity index (χ0v) is 19.9. The van der Waals surface area contributed by atoms with Gasteiger partial charge in [0.25, 0.3) is 20.2 Å². The number of benzene rings is 2. The summed E-state index contributed by atoms with van der Waals surface area (Å²) in [6, 6.07) is 9.10. The van der Waals surface area contributed by atoms with Crippen molar-refractivity contribution in [2.24, 2.45) is 10.8 Å². The van der Waals surface area contributed by atoms with Crippen LogP contribution in [0.15, 0.2) is 46.2 Å². The Balaban J connectivity index is 2.91. The Hall–Kier alpha value is -1.74. The van der Waals surface area contributed by atoms with Gasteiger partial charge in [-0.2, -0.15) is 16.8 Å². The van der Waals surface area contributed by atoms with Crippen LogP contribution in [0.1, 0.15) is 52.7 Å². The van der Waals surface area contributed by atoms with Crippen molar-refractivity contribution in [3.8, 4) is 11.1 Å². The van der Waals surface area contributed by atoms with Gasteiger partial charge in [0.1, 0.15) is 4.90 Å². The van der Waals surface area contributed by atoms with Crippen molar-refractivity contribution in [3.63, 3.8) is 0 Å². The number of hydrogen-bond acceptors (Lipinski definition) is 4. The molecule has 2 N–H and O–H groups in total. The molecule has 0 saturated carbocycles. The molecule has 0 aliphatic heterocycles. The Labute approximate surface area is 179 Å². The van der Waals surface area contributed by atoms with Gasteiger partial charge in [-0.15, -0.1) is 0 Å². The molecule has 0 spiro atoms. The van der Waals surface area contributed by atoms with Crippen LogP contribution in [0.3, 0.4) is 0 Å². The fraction of sp³-hybridized carbons (Fsp3) is 0.455. The summed E-state index contributed by atoms with van der Waals surface area (Å²) < 4.78 is 67.7. The van der Waals surface area contributed by atoms with E-state index < -0.39 is 20.2 Å². The van der Waals surface area contributed by atoms with E-state index in [-0.39, 0.29) is 20.6 Å². The van der Waals surface area contributed by atoms with Crippen molar-refractivity contribution >= 4 is 20.2 Å². The average molecular weight is 455 g/mol. The molecule has 2 aromatic rings. The molecule has 6 nitrogen and oxygen atoms in total. The van der Waals surface area contributed by atoms with Gasteiger partial charge >= 0.3 is 0 Å². The maximum absolute atomic E-state index is 12.5. The quantitative estimate of drug-likeness (QED) is 0.614. The van der Waals surface area contributed by atoms with E-state index >= 15 is 0 Å². The van der Waals surface area contributed by atoms with Crippen LogP contribution in [0.2, 0.25) is 0 Å². The highest BCUT2D eigenvalue weighted by atomic mass is 32.2. The summed E-state index contributed by atoms with van der Waals surface area (Å²) in [6.07, 6.45) is 0.774. The van der Waals surface area contributed by atoms with E-state index in [0.717, 1.165) is 0 Å². The third kappa shape index (κ3) is 6.38.